The Morgan fingerprint density at radius 1 is 1.05 bits per heavy atom. The summed E-state index contributed by atoms with van der Waals surface area (Å²) in [7, 11) is -1.71. The largest absolute Gasteiger partial charge is 0.267 e. The first kappa shape index (κ1) is 15.6. The molecule has 0 saturated heterocycles. The van der Waals surface area contributed by atoms with Crippen LogP contribution in [0, 0.1) is 22.9 Å². The Bertz CT molecular complexity index is 499. The minimum Gasteiger partial charge on any atom is -0.267 e. The van der Waals surface area contributed by atoms with Crippen LogP contribution in [0.3, 0.4) is 0 Å². The van der Waals surface area contributed by atoms with Crippen LogP contribution in [0.25, 0.3) is 0 Å². The van der Waals surface area contributed by atoms with Gasteiger partial charge in [0.05, 0.1) is 0 Å². The van der Waals surface area contributed by atoms with Crippen LogP contribution in [0.1, 0.15) is 47.2 Å². The molecule has 0 radical (unpaired) electrons. The molecule has 0 aliphatic heterocycles. The van der Waals surface area contributed by atoms with Crippen LogP contribution in [0.2, 0.25) is 16.6 Å². The summed E-state index contributed by atoms with van der Waals surface area (Å²) < 4.78 is 1.76. The maximum absolute atomic E-state index is 9.04. The van der Waals surface area contributed by atoms with E-state index in [0.717, 1.165) is 0 Å². The topological polar surface area (TPSA) is 28.7 Å². The van der Waals surface area contributed by atoms with E-state index in [-0.39, 0.29) is 0 Å². The average molecular weight is 272 g/mol. The molecule has 1 aromatic rings. The summed E-state index contributed by atoms with van der Waals surface area (Å²) in [6.07, 6.45) is 1.87. The zero-order chi connectivity index (χ0) is 14.6. The van der Waals surface area contributed by atoms with Crippen LogP contribution in [0.4, 0.5) is 0 Å². The molecule has 0 atom stereocenters. The molecule has 0 aliphatic carbocycles. The molecular formula is C16H24N2Si. The minimum absolute atomic E-state index is 0.612. The van der Waals surface area contributed by atoms with Crippen LogP contribution >= 0.6 is 0 Å². The zero-order valence-electron chi connectivity index (χ0n) is 12.9. The molecule has 3 heteroatoms. The van der Waals surface area contributed by atoms with Gasteiger partial charge in [-0.3, -0.25) is 4.57 Å². The van der Waals surface area contributed by atoms with Gasteiger partial charge in [-0.2, -0.15) is 5.26 Å². The maximum Gasteiger partial charge on any atom is 0.148 e. The van der Waals surface area contributed by atoms with Crippen molar-refractivity contribution in [3.63, 3.8) is 0 Å². The summed E-state index contributed by atoms with van der Waals surface area (Å²) in [5.41, 5.74) is 6.06. The number of hydrogen-bond donors (Lipinski definition) is 0. The van der Waals surface area contributed by atoms with Crippen LogP contribution in [-0.2, 0) is 0 Å². The summed E-state index contributed by atoms with van der Waals surface area (Å²) in [6, 6.07) is 9.09. The first-order valence-electron chi connectivity index (χ1n) is 6.96. The first-order valence-corrected chi connectivity index (χ1v) is 9.20. The van der Waals surface area contributed by atoms with E-state index in [0.29, 0.717) is 22.3 Å². The van der Waals surface area contributed by atoms with Crippen molar-refractivity contribution >= 4 is 8.07 Å². The molecule has 0 aromatic carbocycles. The molecule has 102 valence electrons. The second-order valence-corrected chi connectivity index (χ2v) is 11.6. The molecule has 0 spiro atoms. The third-order valence-corrected chi connectivity index (χ3v) is 10.4. The van der Waals surface area contributed by atoms with E-state index in [2.05, 4.69) is 59.2 Å². The van der Waals surface area contributed by atoms with Crippen molar-refractivity contribution in [3.8, 4) is 17.7 Å². The van der Waals surface area contributed by atoms with Crippen LogP contribution in [0.5, 0.6) is 0 Å². The third kappa shape index (κ3) is 2.93. The van der Waals surface area contributed by atoms with Gasteiger partial charge in [-0.15, -0.1) is 5.54 Å². The van der Waals surface area contributed by atoms with Gasteiger partial charge in [0.2, 0.25) is 0 Å². The Morgan fingerprint density at radius 2 is 1.58 bits per heavy atom. The summed E-state index contributed by atoms with van der Waals surface area (Å²) in [4.78, 5) is 0. The summed E-state index contributed by atoms with van der Waals surface area (Å²) in [5, 5.41) is 9.04. The first-order chi connectivity index (χ1) is 8.86. The van der Waals surface area contributed by atoms with Crippen LogP contribution in [-0.4, -0.2) is 12.6 Å². The Balaban J connectivity index is 3.28. The fraction of sp³-hybridized carbons (Fsp3) is 0.562. The van der Waals surface area contributed by atoms with Crippen LogP contribution in [0.15, 0.2) is 18.3 Å². The Morgan fingerprint density at radius 3 is 2.00 bits per heavy atom. The quantitative estimate of drug-likeness (QED) is 0.592. The summed E-state index contributed by atoms with van der Waals surface area (Å²) in [5.74, 6) is 0. The van der Waals surface area contributed by atoms with E-state index >= 15 is 0 Å². The van der Waals surface area contributed by atoms with E-state index in [1.54, 1.807) is 10.6 Å². The van der Waals surface area contributed by atoms with Crippen molar-refractivity contribution in [1.82, 2.24) is 4.57 Å². The lowest BCUT2D eigenvalue weighted by molar-refractivity contribution is 0.838. The molecule has 1 aromatic heterocycles. The lowest BCUT2D eigenvalue weighted by Crippen LogP contribution is -2.43. The number of aromatic nitrogens is 1. The Kier molecular flexibility index (Phi) is 5.03. The van der Waals surface area contributed by atoms with Crippen molar-refractivity contribution in [1.29, 1.82) is 5.26 Å². The molecule has 1 heterocycles. The van der Waals surface area contributed by atoms with Crippen LogP contribution < -0.4 is 0 Å². The van der Waals surface area contributed by atoms with Gasteiger partial charge < -0.3 is 0 Å². The lowest BCUT2D eigenvalue weighted by Gasteiger charge is -2.37. The standard InChI is InChI=1S/C16H24N2Si/c1-13(2)19(14(3)4,15(5)6)11-10-18-9-7-8-16(18)12-17/h7-9,13-15H,1-6H3. The highest BCUT2D eigenvalue weighted by molar-refractivity contribution is 6.90. The van der Waals surface area contributed by atoms with E-state index in [4.69, 9.17) is 5.26 Å². The van der Waals surface area contributed by atoms with E-state index in [9.17, 15) is 0 Å². The molecule has 0 unspecified atom stereocenters. The second kappa shape index (κ2) is 6.13. The van der Waals surface area contributed by atoms with Crippen molar-refractivity contribution in [3.05, 3.63) is 24.0 Å². The molecule has 0 N–H and O–H groups in total. The highest BCUT2D eigenvalue weighted by atomic mass is 28.3. The minimum atomic E-state index is -1.71. The molecule has 19 heavy (non-hydrogen) atoms. The lowest BCUT2D eigenvalue weighted by atomic mass is 10.5. The van der Waals surface area contributed by atoms with Gasteiger partial charge in [-0.25, -0.2) is 0 Å². The van der Waals surface area contributed by atoms with Crippen molar-refractivity contribution in [2.24, 2.45) is 0 Å². The predicted molar refractivity (Wildman–Crippen MR) is 83.4 cm³/mol. The number of hydrogen-bond acceptors (Lipinski definition) is 1. The number of nitrogens with zero attached hydrogens (tertiary/aromatic N) is 2. The van der Waals surface area contributed by atoms with Gasteiger partial charge in [0.25, 0.3) is 0 Å². The second-order valence-electron chi connectivity index (χ2n) is 6.01. The number of rotatable bonds is 3. The highest BCUT2D eigenvalue weighted by Gasteiger charge is 2.41. The van der Waals surface area contributed by atoms with Gasteiger partial charge in [0.1, 0.15) is 19.8 Å². The number of nitriles is 1. The van der Waals surface area contributed by atoms with Crippen molar-refractivity contribution in [2.45, 2.75) is 58.2 Å². The summed E-state index contributed by atoms with van der Waals surface area (Å²) in [6.45, 7) is 13.8. The van der Waals surface area contributed by atoms with Gasteiger partial charge in [0.15, 0.2) is 0 Å². The van der Waals surface area contributed by atoms with Crippen molar-refractivity contribution in [2.75, 3.05) is 0 Å². The highest BCUT2D eigenvalue weighted by Crippen LogP contribution is 2.40. The van der Waals surface area contributed by atoms with Gasteiger partial charge >= 0.3 is 0 Å². The molecule has 0 aliphatic rings. The smallest absolute Gasteiger partial charge is 0.148 e. The molecule has 0 fully saturated rings. The Hall–Kier alpha value is -1.45. The molecule has 2 nitrogen and oxygen atoms in total. The van der Waals surface area contributed by atoms with E-state index in [1.165, 1.54) is 0 Å². The van der Waals surface area contributed by atoms with E-state index in [1.807, 2.05) is 12.3 Å². The summed E-state index contributed by atoms with van der Waals surface area (Å²) >= 11 is 0. The van der Waals surface area contributed by atoms with Gasteiger partial charge in [-0.1, -0.05) is 41.5 Å². The normalized spacial score (nSPS) is 11.6. The van der Waals surface area contributed by atoms with Gasteiger partial charge in [-0.05, 0) is 28.8 Å². The molecule has 0 amide bonds. The van der Waals surface area contributed by atoms with Crippen molar-refractivity contribution < 1.29 is 0 Å². The SMILES string of the molecule is CC(C)[Si](C#Cn1cccc1C#N)(C(C)C)C(C)C. The Labute approximate surface area is 118 Å². The third-order valence-electron chi connectivity index (χ3n) is 4.12. The maximum atomic E-state index is 9.04. The van der Waals surface area contributed by atoms with E-state index < -0.39 is 8.07 Å². The monoisotopic (exact) mass is 272 g/mol. The fourth-order valence-corrected chi connectivity index (χ4v) is 8.34. The van der Waals surface area contributed by atoms with Gasteiger partial charge in [0, 0.05) is 12.2 Å². The fourth-order valence-electron chi connectivity index (χ4n) is 3.16. The molecule has 0 saturated carbocycles. The molecular weight excluding hydrogens is 248 g/mol. The molecule has 0 bridgehead atoms. The zero-order valence-corrected chi connectivity index (χ0v) is 13.9. The average Bonchev–Trinajstić information content (AvgIpc) is 2.75. The molecule has 1 rings (SSSR count). The predicted octanol–water partition coefficient (Wildman–Crippen LogP) is 4.39.